The topological polar surface area (TPSA) is 79.4 Å². The summed E-state index contributed by atoms with van der Waals surface area (Å²) in [4.78, 5) is 43.6. The van der Waals surface area contributed by atoms with Crippen LogP contribution >= 0.6 is 0 Å². The van der Waals surface area contributed by atoms with Crippen molar-refractivity contribution in [2.24, 2.45) is 0 Å². The van der Waals surface area contributed by atoms with Crippen LogP contribution in [0, 0.1) is 0 Å². The zero-order chi connectivity index (χ0) is 25.1. The number of Topliss-reactive ketones (excluding diaryl/α,β-unsaturated/α-hetero) is 1. The number of benzene rings is 2. The van der Waals surface area contributed by atoms with Gasteiger partial charge in [-0.3, -0.25) is 19.4 Å². The molecule has 2 aromatic carbocycles. The van der Waals surface area contributed by atoms with Gasteiger partial charge in [0.05, 0.1) is 0 Å². The van der Waals surface area contributed by atoms with Gasteiger partial charge in [0.25, 0.3) is 5.91 Å². The molecule has 0 aliphatic carbocycles. The number of aromatic nitrogens is 1. The molecule has 36 heavy (non-hydrogen) atoms. The highest BCUT2D eigenvalue weighted by Gasteiger charge is 2.38. The lowest BCUT2D eigenvalue weighted by Gasteiger charge is -2.30. The van der Waals surface area contributed by atoms with E-state index in [4.69, 9.17) is 0 Å². The molecule has 1 aromatic heterocycles. The minimum Gasteiger partial charge on any atom is -0.329 e. The van der Waals surface area contributed by atoms with Crippen molar-refractivity contribution in [1.29, 1.82) is 0 Å². The van der Waals surface area contributed by atoms with E-state index in [9.17, 15) is 14.4 Å². The van der Waals surface area contributed by atoms with E-state index in [0.29, 0.717) is 49.9 Å². The molecule has 1 fully saturated rings. The lowest BCUT2D eigenvalue weighted by atomic mass is 9.98. The molecule has 0 radical (unpaired) electrons. The lowest BCUT2D eigenvalue weighted by Crippen LogP contribution is -2.49. The molecule has 5 rings (SSSR count). The molecule has 1 N–H and O–H groups in total. The van der Waals surface area contributed by atoms with Gasteiger partial charge in [0.15, 0.2) is 0 Å². The predicted molar refractivity (Wildman–Crippen MR) is 137 cm³/mol. The van der Waals surface area contributed by atoms with Crippen LogP contribution < -0.4 is 5.32 Å². The van der Waals surface area contributed by atoms with Gasteiger partial charge in [0.1, 0.15) is 11.8 Å². The second-order valence-electron chi connectivity index (χ2n) is 9.64. The quantitative estimate of drug-likeness (QED) is 0.526. The van der Waals surface area contributed by atoms with Crippen LogP contribution in [0.3, 0.4) is 0 Å². The van der Waals surface area contributed by atoms with Gasteiger partial charge in [-0.2, -0.15) is 0 Å². The second-order valence-corrected chi connectivity index (χ2v) is 9.64. The molecule has 0 bridgehead atoms. The summed E-state index contributed by atoms with van der Waals surface area (Å²) >= 11 is 0. The predicted octanol–water partition coefficient (Wildman–Crippen LogP) is 4.16. The third kappa shape index (κ3) is 5.28. The fourth-order valence-electron chi connectivity index (χ4n) is 4.97. The van der Waals surface area contributed by atoms with Gasteiger partial charge in [0.2, 0.25) is 5.91 Å². The molecule has 1 saturated heterocycles. The maximum absolute atomic E-state index is 12.9. The highest BCUT2D eigenvalue weighted by atomic mass is 16.2. The Bertz CT molecular complexity index is 1320. The highest BCUT2D eigenvalue weighted by Crippen LogP contribution is 2.29. The SMILES string of the molecule is C=C1CCC(N2Cc3cc(CCC(=O)Cc4ccc(Cc5ccncc5)cc4)ccc3C2=O)C(=O)N1. The van der Waals surface area contributed by atoms with E-state index in [1.165, 1.54) is 11.1 Å². The Morgan fingerprint density at radius 1 is 0.972 bits per heavy atom. The van der Waals surface area contributed by atoms with Crippen molar-refractivity contribution in [3.05, 3.63) is 113 Å². The summed E-state index contributed by atoms with van der Waals surface area (Å²) in [6, 6.07) is 17.5. The third-order valence-corrected chi connectivity index (χ3v) is 6.97. The molecule has 1 atom stereocenters. The van der Waals surface area contributed by atoms with Crippen molar-refractivity contribution < 1.29 is 14.4 Å². The minimum atomic E-state index is -0.462. The number of ketones is 1. The number of carbonyl (C=O) groups is 3. The number of hydrogen-bond donors (Lipinski definition) is 1. The Labute approximate surface area is 211 Å². The standard InChI is InChI=1S/C30H29N3O3/c1-20-2-11-28(29(35)32-20)33-19-25-17-22(8-10-27(25)30(33)36)7-9-26(34)18-23-5-3-21(4-6-23)16-24-12-14-31-15-13-24/h3-6,8,10,12-15,17,28H,1-2,7,9,11,16,18-19H2,(H,32,35). The third-order valence-electron chi connectivity index (χ3n) is 6.97. The Kier molecular flexibility index (Phi) is 6.76. The number of allylic oxidation sites excluding steroid dienone is 1. The molecule has 3 heterocycles. The van der Waals surface area contributed by atoms with Crippen LogP contribution in [0.15, 0.2) is 79.3 Å². The van der Waals surface area contributed by atoms with E-state index in [-0.39, 0.29) is 17.6 Å². The van der Waals surface area contributed by atoms with Gasteiger partial charge in [-0.25, -0.2) is 0 Å². The van der Waals surface area contributed by atoms with E-state index < -0.39 is 6.04 Å². The van der Waals surface area contributed by atoms with Crippen LogP contribution in [0.1, 0.15) is 57.4 Å². The molecule has 2 aliphatic rings. The number of piperidine rings is 1. The minimum absolute atomic E-state index is 0.104. The van der Waals surface area contributed by atoms with Crippen molar-refractivity contribution in [1.82, 2.24) is 15.2 Å². The number of fused-ring (bicyclic) bond motifs is 1. The number of aryl methyl sites for hydroxylation is 1. The highest BCUT2D eigenvalue weighted by molar-refractivity contribution is 6.01. The van der Waals surface area contributed by atoms with E-state index >= 15 is 0 Å². The molecule has 3 aromatic rings. The number of nitrogens with zero attached hydrogens (tertiary/aromatic N) is 2. The molecule has 2 amide bonds. The van der Waals surface area contributed by atoms with Crippen molar-refractivity contribution >= 4 is 17.6 Å². The molecule has 0 saturated carbocycles. The van der Waals surface area contributed by atoms with E-state index in [1.54, 1.807) is 17.3 Å². The first kappa shape index (κ1) is 23.7. The zero-order valence-electron chi connectivity index (χ0n) is 20.2. The van der Waals surface area contributed by atoms with Crippen LogP contribution in [-0.2, 0) is 35.4 Å². The van der Waals surface area contributed by atoms with E-state index in [2.05, 4.69) is 29.0 Å². The first-order valence-electron chi connectivity index (χ1n) is 12.4. The summed E-state index contributed by atoms with van der Waals surface area (Å²) in [5.74, 6) is -0.0783. The van der Waals surface area contributed by atoms with Crippen LogP contribution in [0.5, 0.6) is 0 Å². The van der Waals surface area contributed by atoms with Crippen LogP contribution in [0.4, 0.5) is 0 Å². The summed E-state index contributed by atoms with van der Waals surface area (Å²) in [6.07, 6.45) is 7.19. The van der Waals surface area contributed by atoms with Gasteiger partial charge < -0.3 is 10.2 Å². The van der Waals surface area contributed by atoms with Crippen LogP contribution in [0.2, 0.25) is 0 Å². The molecule has 0 spiro atoms. The summed E-state index contributed by atoms with van der Waals surface area (Å²) in [5, 5.41) is 2.76. The monoisotopic (exact) mass is 479 g/mol. The molecule has 6 nitrogen and oxygen atoms in total. The van der Waals surface area contributed by atoms with Crippen LogP contribution in [-0.4, -0.2) is 33.5 Å². The van der Waals surface area contributed by atoms with Gasteiger partial charge >= 0.3 is 0 Å². The molecular weight excluding hydrogens is 450 g/mol. The fraction of sp³-hybridized carbons (Fsp3) is 0.267. The number of pyridine rings is 1. The lowest BCUT2D eigenvalue weighted by molar-refractivity contribution is -0.126. The average molecular weight is 480 g/mol. The first-order valence-corrected chi connectivity index (χ1v) is 12.4. The Morgan fingerprint density at radius 2 is 1.67 bits per heavy atom. The van der Waals surface area contributed by atoms with Crippen molar-refractivity contribution in [2.75, 3.05) is 0 Å². The van der Waals surface area contributed by atoms with E-state index in [1.807, 2.05) is 42.5 Å². The smallest absolute Gasteiger partial charge is 0.255 e. The fourth-order valence-corrected chi connectivity index (χ4v) is 4.97. The summed E-state index contributed by atoms with van der Waals surface area (Å²) in [6.45, 7) is 4.23. The number of nitrogens with one attached hydrogen (secondary N) is 1. The Morgan fingerprint density at radius 3 is 2.42 bits per heavy atom. The number of rotatable bonds is 8. The Balaban J connectivity index is 1.15. The average Bonchev–Trinajstić information content (AvgIpc) is 3.20. The van der Waals surface area contributed by atoms with Crippen LogP contribution in [0.25, 0.3) is 0 Å². The largest absolute Gasteiger partial charge is 0.329 e. The zero-order valence-corrected chi connectivity index (χ0v) is 20.2. The summed E-state index contributed by atoms with van der Waals surface area (Å²) < 4.78 is 0. The normalized spacial score (nSPS) is 17.2. The number of carbonyl (C=O) groups excluding carboxylic acids is 3. The van der Waals surface area contributed by atoms with E-state index in [0.717, 1.165) is 23.1 Å². The maximum atomic E-state index is 12.9. The maximum Gasteiger partial charge on any atom is 0.255 e. The first-order chi connectivity index (χ1) is 17.5. The number of hydrogen-bond acceptors (Lipinski definition) is 4. The van der Waals surface area contributed by atoms with Crippen molar-refractivity contribution in [3.63, 3.8) is 0 Å². The molecule has 1 unspecified atom stereocenters. The van der Waals surface area contributed by atoms with Gasteiger partial charge in [-0.15, -0.1) is 0 Å². The number of amides is 2. The van der Waals surface area contributed by atoms with Gasteiger partial charge in [-0.05, 0) is 71.7 Å². The molecule has 182 valence electrons. The molecule has 2 aliphatic heterocycles. The Hall–Kier alpha value is -4.06. The van der Waals surface area contributed by atoms with Crippen molar-refractivity contribution in [3.8, 4) is 0 Å². The summed E-state index contributed by atoms with van der Waals surface area (Å²) in [7, 11) is 0. The van der Waals surface area contributed by atoms with Gasteiger partial charge in [0, 0.05) is 43.0 Å². The van der Waals surface area contributed by atoms with Gasteiger partial charge in [-0.1, -0.05) is 43.0 Å². The van der Waals surface area contributed by atoms with Crippen molar-refractivity contribution in [2.45, 2.75) is 51.1 Å². The molecule has 6 heteroatoms. The second kappa shape index (κ2) is 10.3. The summed E-state index contributed by atoms with van der Waals surface area (Å²) in [5.41, 5.74) is 6.73. The molecular formula is C30H29N3O3.